The second-order valence-electron chi connectivity index (χ2n) is 7.86. The van der Waals surface area contributed by atoms with E-state index in [0.717, 1.165) is 11.1 Å². The standard InChI is InChI=1S/C25H27FN2O3S2/c1-17-12-18(2)14-22(13-17)28-33(30,31)24-15-20(9-8-19(24)3)25(29)27-10-11-32-16-21-6-4-5-7-23(21)26/h4-9,12-15,28H,10-11,16H2,1-3H3,(H,27,29). The second-order valence-corrected chi connectivity index (χ2v) is 10.6. The molecule has 0 fully saturated rings. The van der Waals surface area contributed by atoms with Crippen LogP contribution in [-0.4, -0.2) is 26.6 Å². The predicted molar refractivity (Wildman–Crippen MR) is 133 cm³/mol. The molecule has 5 nitrogen and oxygen atoms in total. The normalized spacial score (nSPS) is 11.3. The summed E-state index contributed by atoms with van der Waals surface area (Å²) < 4.78 is 42.3. The summed E-state index contributed by atoms with van der Waals surface area (Å²) in [5.41, 5.74) is 3.81. The van der Waals surface area contributed by atoms with Crippen molar-refractivity contribution >= 4 is 33.4 Å². The number of carbonyl (C=O) groups excluding carboxylic acids is 1. The number of rotatable bonds is 9. The average molecular weight is 487 g/mol. The first kappa shape index (κ1) is 24.8. The highest BCUT2D eigenvalue weighted by atomic mass is 32.2. The summed E-state index contributed by atoms with van der Waals surface area (Å²) in [6.45, 7) is 5.87. The van der Waals surface area contributed by atoms with E-state index in [4.69, 9.17) is 0 Å². The van der Waals surface area contributed by atoms with Gasteiger partial charge in [-0.05, 0) is 73.4 Å². The minimum absolute atomic E-state index is 0.0586. The highest BCUT2D eigenvalue weighted by Crippen LogP contribution is 2.22. The Morgan fingerprint density at radius 3 is 2.36 bits per heavy atom. The Balaban J connectivity index is 1.62. The zero-order valence-electron chi connectivity index (χ0n) is 18.8. The molecule has 0 aromatic heterocycles. The Hall–Kier alpha value is -2.84. The molecule has 0 saturated heterocycles. The van der Waals surface area contributed by atoms with Crippen LogP contribution in [0.4, 0.5) is 10.1 Å². The fraction of sp³-hybridized carbons (Fsp3) is 0.240. The lowest BCUT2D eigenvalue weighted by molar-refractivity contribution is 0.0956. The van der Waals surface area contributed by atoms with Crippen molar-refractivity contribution < 1.29 is 17.6 Å². The van der Waals surface area contributed by atoms with E-state index in [-0.39, 0.29) is 22.2 Å². The van der Waals surface area contributed by atoms with Crippen LogP contribution >= 0.6 is 11.8 Å². The zero-order chi connectivity index (χ0) is 24.0. The van der Waals surface area contributed by atoms with Crippen molar-refractivity contribution in [1.29, 1.82) is 0 Å². The van der Waals surface area contributed by atoms with Crippen LogP contribution in [-0.2, 0) is 15.8 Å². The van der Waals surface area contributed by atoms with E-state index in [2.05, 4.69) is 10.0 Å². The van der Waals surface area contributed by atoms with Crippen molar-refractivity contribution in [2.24, 2.45) is 0 Å². The Morgan fingerprint density at radius 1 is 0.970 bits per heavy atom. The van der Waals surface area contributed by atoms with E-state index in [1.807, 2.05) is 19.9 Å². The van der Waals surface area contributed by atoms with Crippen LogP contribution in [0.15, 0.2) is 65.6 Å². The lowest BCUT2D eigenvalue weighted by Crippen LogP contribution is -2.26. The van der Waals surface area contributed by atoms with Crippen LogP contribution in [0.2, 0.25) is 0 Å². The largest absolute Gasteiger partial charge is 0.351 e. The Labute approximate surface area is 198 Å². The average Bonchev–Trinajstić information content (AvgIpc) is 2.73. The number of amides is 1. The quantitative estimate of drug-likeness (QED) is 0.407. The third-order valence-electron chi connectivity index (χ3n) is 4.96. The zero-order valence-corrected chi connectivity index (χ0v) is 20.4. The molecule has 174 valence electrons. The fourth-order valence-corrected chi connectivity index (χ4v) is 5.57. The summed E-state index contributed by atoms with van der Waals surface area (Å²) in [6.07, 6.45) is 0. The van der Waals surface area contributed by atoms with E-state index in [1.54, 1.807) is 49.4 Å². The molecule has 0 atom stereocenters. The smallest absolute Gasteiger partial charge is 0.262 e. The molecule has 2 N–H and O–H groups in total. The van der Waals surface area contributed by atoms with Gasteiger partial charge in [0.25, 0.3) is 15.9 Å². The number of hydrogen-bond acceptors (Lipinski definition) is 4. The number of nitrogens with one attached hydrogen (secondary N) is 2. The fourth-order valence-electron chi connectivity index (χ4n) is 3.41. The number of halogens is 1. The predicted octanol–water partition coefficient (Wildman–Crippen LogP) is 5.21. The summed E-state index contributed by atoms with van der Waals surface area (Å²) in [5, 5.41) is 2.79. The van der Waals surface area contributed by atoms with Crippen LogP contribution in [0.1, 0.15) is 32.6 Å². The maximum Gasteiger partial charge on any atom is 0.262 e. The molecular weight excluding hydrogens is 459 g/mol. The number of aryl methyl sites for hydroxylation is 3. The molecule has 3 aromatic rings. The highest BCUT2D eigenvalue weighted by Gasteiger charge is 2.19. The molecule has 0 heterocycles. The van der Waals surface area contributed by atoms with Crippen molar-refractivity contribution in [2.45, 2.75) is 31.4 Å². The van der Waals surface area contributed by atoms with Gasteiger partial charge in [0, 0.05) is 29.3 Å². The molecule has 0 bridgehead atoms. The SMILES string of the molecule is Cc1cc(C)cc(NS(=O)(=O)c2cc(C(=O)NCCSCc3ccccc3F)ccc2C)c1. The summed E-state index contributed by atoms with van der Waals surface area (Å²) in [4.78, 5) is 12.6. The molecule has 0 radical (unpaired) electrons. The lowest BCUT2D eigenvalue weighted by Gasteiger charge is -2.13. The van der Waals surface area contributed by atoms with Gasteiger partial charge in [-0.3, -0.25) is 9.52 Å². The van der Waals surface area contributed by atoms with E-state index in [9.17, 15) is 17.6 Å². The number of hydrogen-bond donors (Lipinski definition) is 2. The van der Waals surface area contributed by atoms with Gasteiger partial charge >= 0.3 is 0 Å². The Bertz CT molecular complexity index is 1240. The molecule has 8 heteroatoms. The third-order valence-corrected chi connectivity index (χ3v) is 7.49. The summed E-state index contributed by atoms with van der Waals surface area (Å²) in [6, 6.07) is 16.7. The maximum absolute atomic E-state index is 13.7. The van der Waals surface area contributed by atoms with Gasteiger partial charge in [0.15, 0.2) is 0 Å². The van der Waals surface area contributed by atoms with Gasteiger partial charge < -0.3 is 5.32 Å². The van der Waals surface area contributed by atoms with Crippen molar-refractivity contribution in [3.05, 3.63) is 94.3 Å². The Morgan fingerprint density at radius 2 is 1.67 bits per heavy atom. The first-order valence-electron chi connectivity index (χ1n) is 10.5. The number of anilines is 1. The minimum Gasteiger partial charge on any atom is -0.351 e. The van der Waals surface area contributed by atoms with Crippen LogP contribution < -0.4 is 10.0 Å². The van der Waals surface area contributed by atoms with Gasteiger partial charge in [0.1, 0.15) is 5.82 Å². The van der Waals surface area contributed by atoms with Gasteiger partial charge in [0.2, 0.25) is 0 Å². The second kappa shape index (κ2) is 10.9. The minimum atomic E-state index is -3.87. The molecule has 0 unspecified atom stereocenters. The molecule has 0 aliphatic carbocycles. The third kappa shape index (κ3) is 6.82. The molecule has 0 spiro atoms. The van der Waals surface area contributed by atoms with Crippen LogP contribution in [0.25, 0.3) is 0 Å². The van der Waals surface area contributed by atoms with E-state index < -0.39 is 10.0 Å². The van der Waals surface area contributed by atoms with Gasteiger partial charge in [-0.1, -0.05) is 30.3 Å². The molecular formula is C25H27FN2O3S2. The first-order chi connectivity index (χ1) is 15.7. The van der Waals surface area contributed by atoms with Crippen molar-refractivity contribution in [1.82, 2.24) is 5.32 Å². The summed E-state index contributed by atoms with van der Waals surface area (Å²) in [7, 11) is -3.87. The number of sulfonamides is 1. The molecule has 33 heavy (non-hydrogen) atoms. The van der Waals surface area contributed by atoms with Crippen LogP contribution in [0.3, 0.4) is 0 Å². The van der Waals surface area contributed by atoms with Crippen LogP contribution in [0, 0.1) is 26.6 Å². The molecule has 1 amide bonds. The monoisotopic (exact) mass is 486 g/mol. The van der Waals surface area contributed by atoms with Crippen LogP contribution in [0.5, 0.6) is 0 Å². The number of carbonyl (C=O) groups is 1. The molecule has 0 aliphatic heterocycles. The highest BCUT2D eigenvalue weighted by molar-refractivity contribution is 7.98. The van der Waals surface area contributed by atoms with Crippen molar-refractivity contribution in [3.8, 4) is 0 Å². The summed E-state index contributed by atoms with van der Waals surface area (Å²) in [5.74, 6) is 0.520. The van der Waals surface area contributed by atoms with E-state index in [1.165, 1.54) is 23.9 Å². The first-order valence-corrected chi connectivity index (χ1v) is 13.1. The Kier molecular flexibility index (Phi) is 8.15. The topological polar surface area (TPSA) is 75.3 Å². The molecule has 3 rings (SSSR count). The number of benzene rings is 3. The van der Waals surface area contributed by atoms with Gasteiger partial charge in [-0.25, -0.2) is 12.8 Å². The maximum atomic E-state index is 13.7. The molecule has 0 aliphatic rings. The van der Waals surface area contributed by atoms with Gasteiger partial charge in [-0.2, -0.15) is 11.8 Å². The molecule has 0 saturated carbocycles. The van der Waals surface area contributed by atoms with Crippen molar-refractivity contribution in [3.63, 3.8) is 0 Å². The van der Waals surface area contributed by atoms with E-state index >= 15 is 0 Å². The molecule has 3 aromatic carbocycles. The van der Waals surface area contributed by atoms with Gasteiger partial charge in [0.05, 0.1) is 4.90 Å². The number of thioether (sulfide) groups is 1. The van der Waals surface area contributed by atoms with Crippen molar-refractivity contribution in [2.75, 3.05) is 17.0 Å². The van der Waals surface area contributed by atoms with Gasteiger partial charge in [-0.15, -0.1) is 0 Å². The summed E-state index contributed by atoms with van der Waals surface area (Å²) >= 11 is 1.51. The lowest BCUT2D eigenvalue weighted by atomic mass is 10.1. The van der Waals surface area contributed by atoms with E-state index in [0.29, 0.717) is 34.9 Å².